The van der Waals surface area contributed by atoms with Gasteiger partial charge < -0.3 is 15.4 Å². The first-order chi connectivity index (χ1) is 7.31. The van der Waals surface area contributed by atoms with Crippen LogP contribution in [-0.2, 0) is 4.74 Å². The molecule has 2 N–H and O–H groups in total. The monoisotopic (exact) mass is 208 g/mol. The molecular weight excluding hydrogens is 192 g/mol. The van der Waals surface area contributed by atoms with Gasteiger partial charge in [0.1, 0.15) is 18.0 Å². The van der Waals surface area contributed by atoms with Gasteiger partial charge >= 0.3 is 0 Å². The van der Waals surface area contributed by atoms with Crippen molar-refractivity contribution in [3.63, 3.8) is 0 Å². The topological polar surface area (TPSA) is 64.3 Å². The van der Waals surface area contributed by atoms with E-state index in [1.54, 1.807) is 7.11 Å². The van der Waals surface area contributed by atoms with Gasteiger partial charge in [0.15, 0.2) is 0 Å². The van der Waals surface area contributed by atoms with E-state index in [1.165, 1.54) is 19.2 Å². The summed E-state index contributed by atoms with van der Waals surface area (Å²) in [5, 5.41) is 0. The molecule has 0 atom stereocenters. The molecule has 1 fully saturated rings. The third-order valence-electron chi connectivity index (χ3n) is 2.49. The molecule has 0 unspecified atom stereocenters. The second-order valence-electron chi connectivity index (χ2n) is 3.72. The second-order valence-corrected chi connectivity index (χ2v) is 3.72. The van der Waals surface area contributed by atoms with Crippen LogP contribution >= 0.6 is 0 Å². The Kier molecular flexibility index (Phi) is 3.01. The maximum Gasteiger partial charge on any atom is 0.134 e. The van der Waals surface area contributed by atoms with Crippen LogP contribution in [0.25, 0.3) is 0 Å². The van der Waals surface area contributed by atoms with Crippen LogP contribution in [0, 0.1) is 0 Å². The zero-order valence-corrected chi connectivity index (χ0v) is 8.89. The van der Waals surface area contributed by atoms with Crippen LogP contribution in [0.4, 0.5) is 11.6 Å². The maximum absolute atomic E-state index is 5.64. The van der Waals surface area contributed by atoms with Gasteiger partial charge in [0, 0.05) is 25.8 Å². The maximum atomic E-state index is 5.64. The number of methoxy groups -OCH3 is 1. The molecule has 5 heteroatoms. The number of nitrogens with two attached hydrogens (primary N) is 1. The number of hydrogen-bond acceptors (Lipinski definition) is 5. The average Bonchev–Trinajstić information content (AvgIpc) is 3.03. The first-order valence-corrected chi connectivity index (χ1v) is 5.14. The summed E-state index contributed by atoms with van der Waals surface area (Å²) < 4.78 is 5.09. The highest BCUT2D eigenvalue weighted by Gasteiger charge is 2.29. The first-order valence-electron chi connectivity index (χ1n) is 5.14. The van der Waals surface area contributed by atoms with Crippen molar-refractivity contribution in [2.75, 3.05) is 30.9 Å². The third kappa shape index (κ3) is 2.56. The lowest BCUT2D eigenvalue weighted by Crippen LogP contribution is -2.30. The van der Waals surface area contributed by atoms with Gasteiger partial charge in [0.2, 0.25) is 0 Å². The molecule has 0 saturated heterocycles. The van der Waals surface area contributed by atoms with E-state index >= 15 is 0 Å². The number of nitrogens with zero attached hydrogens (tertiary/aromatic N) is 3. The molecule has 1 aliphatic carbocycles. The van der Waals surface area contributed by atoms with Crippen molar-refractivity contribution in [3.05, 3.63) is 12.4 Å². The molecule has 5 nitrogen and oxygen atoms in total. The minimum atomic E-state index is 0.517. The molecule has 0 aliphatic heterocycles. The highest BCUT2D eigenvalue weighted by molar-refractivity contribution is 5.47. The first kappa shape index (κ1) is 10.2. The highest BCUT2D eigenvalue weighted by Crippen LogP contribution is 2.30. The fourth-order valence-electron chi connectivity index (χ4n) is 1.58. The Morgan fingerprint density at radius 1 is 1.53 bits per heavy atom. The van der Waals surface area contributed by atoms with Gasteiger partial charge in [0.05, 0.1) is 6.61 Å². The van der Waals surface area contributed by atoms with Gasteiger partial charge in [-0.2, -0.15) is 0 Å². The Hall–Kier alpha value is -1.36. The quantitative estimate of drug-likeness (QED) is 0.770. The van der Waals surface area contributed by atoms with Crippen LogP contribution in [0.3, 0.4) is 0 Å². The fourth-order valence-corrected chi connectivity index (χ4v) is 1.58. The average molecular weight is 208 g/mol. The van der Waals surface area contributed by atoms with E-state index in [0.717, 1.165) is 12.4 Å². The number of aromatic nitrogens is 2. The Morgan fingerprint density at radius 2 is 2.33 bits per heavy atom. The van der Waals surface area contributed by atoms with Gasteiger partial charge in [-0.05, 0) is 12.8 Å². The molecule has 1 saturated carbocycles. The lowest BCUT2D eigenvalue weighted by molar-refractivity contribution is 0.204. The Balaban J connectivity index is 2.09. The summed E-state index contributed by atoms with van der Waals surface area (Å²) in [5.41, 5.74) is 5.64. The minimum Gasteiger partial charge on any atom is -0.384 e. The summed E-state index contributed by atoms with van der Waals surface area (Å²) in [4.78, 5) is 10.4. The minimum absolute atomic E-state index is 0.517. The predicted octanol–water partition coefficient (Wildman–Crippen LogP) is 0.674. The number of anilines is 2. The van der Waals surface area contributed by atoms with Crippen LogP contribution in [0.5, 0.6) is 0 Å². The van der Waals surface area contributed by atoms with Gasteiger partial charge in [-0.3, -0.25) is 0 Å². The Morgan fingerprint density at radius 3 is 2.93 bits per heavy atom. The van der Waals surface area contributed by atoms with Crippen molar-refractivity contribution in [1.82, 2.24) is 9.97 Å². The molecule has 1 aromatic rings. The molecule has 0 amide bonds. The molecule has 15 heavy (non-hydrogen) atoms. The van der Waals surface area contributed by atoms with Gasteiger partial charge in [-0.25, -0.2) is 9.97 Å². The molecule has 1 heterocycles. The van der Waals surface area contributed by atoms with Gasteiger partial charge in [-0.15, -0.1) is 0 Å². The lowest BCUT2D eigenvalue weighted by Gasteiger charge is -2.22. The smallest absolute Gasteiger partial charge is 0.134 e. The Labute approximate surface area is 89.3 Å². The van der Waals surface area contributed by atoms with E-state index in [-0.39, 0.29) is 0 Å². The van der Waals surface area contributed by atoms with Crippen molar-refractivity contribution in [2.24, 2.45) is 0 Å². The fraction of sp³-hybridized carbons (Fsp3) is 0.600. The SMILES string of the molecule is COCCN(c1cc(N)ncn1)C1CC1. The molecule has 82 valence electrons. The van der Waals surface area contributed by atoms with Crippen LogP contribution in [0.1, 0.15) is 12.8 Å². The zero-order chi connectivity index (χ0) is 10.7. The molecule has 0 radical (unpaired) electrons. The van der Waals surface area contributed by atoms with Crippen molar-refractivity contribution in [3.8, 4) is 0 Å². The summed E-state index contributed by atoms with van der Waals surface area (Å²) in [7, 11) is 1.71. The number of rotatable bonds is 5. The number of ether oxygens (including phenoxy) is 1. The predicted molar refractivity (Wildman–Crippen MR) is 58.7 cm³/mol. The van der Waals surface area contributed by atoms with Crippen molar-refractivity contribution < 1.29 is 4.74 Å². The summed E-state index contributed by atoms with van der Waals surface area (Å²) >= 11 is 0. The number of nitrogen functional groups attached to an aromatic ring is 1. The van der Waals surface area contributed by atoms with Crippen LogP contribution in [-0.4, -0.2) is 36.3 Å². The summed E-state index contributed by atoms with van der Waals surface area (Å²) in [6.45, 7) is 1.57. The standard InChI is InChI=1S/C10H16N4O/c1-15-5-4-14(8-2-3-8)10-6-9(11)12-7-13-10/h6-8H,2-5H2,1H3,(H2,11,12,13). The molecule has 0 spiro atoms. The summed E-state index contributed by atoms with van der Waals surface area (Å²) in [5.74, 6) is 1.42. The van der Waals surface area contributed by atoms with Crippen molar-refractivity contribution >= 4 is 11.6 Å². The van der Waals surface area contributed by atoms with Crippen LogP contribution < -0.4 is 10.6 Å². The van der Waals surface area contributed by atoms with Crippen molar-refractivity contribution in [1.29, 1.82) is 0 Å². The summed E-state index contributed by atoms with van der Waals surface area (Å²) in [6.07, 6.45) is 3.97. The molecule has 0 bridgehead atoms. The van der Waals surface area contributed by atoms with E-state index < -0.39 is 0 Å². The molecular formula is C10H16N4O. The largest absolute Gasteiger partial charge is 0.384 e. The third-order valence-corrected chi connectivity index (χ3v) is 2.49. The van der Waals surface area contributed by atoms with Crippen molar-refractivity contribution in [2.45, 2.75) is 18.9 Å². The van der Waals surface area contributed by atoms with Gasteiger partial charge in [-0.1, -0.05) is 0 Å². The van der Waals surface area contributed by atoms with E-state index in [4.69, 9.17) is 10.5 Å². The molecule has 1 aromatic heterocycles. The van der Waals surface area contributed by atoms with E-state index in [2.05, 4.69) is 14.9 Å². The summed E-state index contributed by atoms with van der Waals surface area (Å²) in [6, 6.07) is 2.42. The van der Waals surface area contributed by atoms with Crippen LogP contribution in [0.2, 0.25) is 0 Å². The second kappa shape index (κ2) is 4.44. The lowest BCUT2D eigenvalue weighted by atomic mass is 10.4. The number of hydrogen-bond donors (Lipinski definition) is 1. The van der Waals surface area contributed by atoms with E-state index in [1.807, 2.05) is 6.07 Å². The molecule has 0 aromatic carbocycles. The van der Waals surface area contributed by atoms with Gasteiger partial charge in [0.25, 0.3) is 0 Å². The normalized spacial score (nSPS) is 15.3. The van der Waals surface area contributed by atoms with Crippen LogP contribution in [0.15, 0.2) is 12.4 Å². The van der Waals surface area contributed by atoms with E-state index in [0.29, 0.717) is 18.5 Å². The molecule has 2 rings (SSSR count). The Bertz CT molecular complexity index is 327. The highest BCUT2D eigenvalue weighted by atomic mass is 16.5. The van der Waals surface area contributed by atoms with E-state index in [9.17, 15) is 0 Å². The zero-order valence-electron chi connectivity index (χ0n) is 8.89. The molecule has 1 aliphatic rings.